The molecule has 0 bridgehead atoms. The van der Waals surface area contributed by atoms with Crippen molar-refractivity contribution in [3.8, 4) is 0 Å². The van der Waals surface area contributed by atoms with Crippen LogP contribution in [0.25, 0.3) is 0 Å². The van der Waals surface area contributed by atoms with Crippen molar-refractivity contribution in [1.29, 1.82) is 0 Å². The third-order valence-corrected chi connectivity index (χ3v) is 4.21. The highest BCUT2D eigenvalue weighted by atomic mass is 35.7. The molecule has 1 aromatic heterocycles. The molecule has 1 fully saturated rings. The van der Waals surface area contributed by atoms with E-state index < -0.39 is 9.05 Å². The third-order valence-electron chi connectivity index (χ3n) is 2.88. The van der Waals surface area contributed by atoms with Crippen LogP contribution in [0.4, 0.5) is 0 Å². The summed E-state index contributed by atoms with van der Waals surface area (Å²) in [5, 5.41) is 2.78. The number of aromatic nitrogens is 1. The highest BCUT2D eigenvalue weighted by Crippen LogP contribution is 2.17. The van der Waals surface area contributed by atoms with Gasteiger partial charge in [-0.25, -0.2) is 8.42 Å². The maximum atomic E-state index is 11.9. The maximum absolute atomic E-state index is 11.9. The number of ether oxygens (including phenoxy) is 1. The van der Waals surface area contributed by atoms with E-state index in [2.05, 4.69) is 10.3 Å². The zero-order chi connectivity index (χ0) is 13.3. The summed E-state index contributed by atoms with van der Waals surface area (Å²) in [6.07, 6.45) is 1.89. The SMILES string of the molecule is CC1OCCC1NC(=O)c1cc(S(=O)(=O)Cl)c[nH]1. The van der Waals surface area contributed by atoms with Gasteiger partial charge in [0.2, 0.25) is 0 Å². The standard InChI is InChI=1S/C10H13ClN2O4S/c1-6-8(2-3-17-6)13-10(14)9-4-7(5-12-9)18(11,15)16/h4-6,8,12H,2-3H2,1H3,(H,13,14). The van der Waals surface area contributed by atoms with Gasteiger partial charge >= 0.3 is 0 Å². The summed E-state index contributed by atoms with van der Waals surface area (Å²) >= 11 is 0. The van der Waals surface area contributed by atoms with Gasteiger partial charge in [-0.3, -0.25) is 4.79 Å². The van der Waals surface area contributed by atoms with Crippen molar-refractivity contribution in [3.05, 3.63) is 18.0 Å². The molecule has 2 rings (SSSR count). The van der Waals surface area contributed by atoms with Crippen LogP contribution < -0.4 is 5.32 Å². The van der Waals surface area contributed by atoms with Gasteiger partial charge < -0.3 is 15.0 Å². The molecule has 0 radical (unpaired) electrons. The fourth-order valence-electron chi connectivity index (χ4n) is 1.81. The second-order valence-electron chi connectivity index (χ2n) is 4.13. The van der Waals surface area contributed by atoms with Gasteiger partial charge in [-0.15, -0.1) is 0 Å². The third kappa shape index (κ3) is 2.85. The first-order valence-corrected chi connectivity index (χ1v) is 7.74. The highest BCUT2D eigenvalue weighted by Gasteiger charge is 2.26. The Labute approximate surface area is 109 Å². The molecule has 1 aliphatic heterocycles. The number of halogens is 1. The van der Waals surface area contributed by atoms with Gasteiger partial charge in [0.1, 0.15) is 10.6 Å². The lowest BCUT2D eigenvalue weighted by molar-refractivity contribution is 0.0862. The topological polar surface area (TPSA) is 88.3 Å². The highest BCUT2D eigenvalue weighted by molar-refractivity contribution is 8.13. The number of nitrogens with one attached hydrogen (secondary N) is 2. The Morgan fingerprint density at radius 3 is 2.83 bits per heavy atom. The first-order chi connectivity index (χ1) is 8.38. The van der Waals surface area contributed by atoms with Crippen molar-refractivity contribution >= 4 is 25.6 Å². The lowest BCUT2D eigenvalue weighted by atomic mass is 10.1. The molecule has 8 heteroatoms. The Kier molecular flexibility index (Phi) is 3.65. The van der Waals surface area contributed by atoms with Crippen molar-refractivity contribution in [2.75, 3.05) is 6.61 Å². The Morgan fingerprint density at radius 1 is 1.61 bits per heavy atom. The molecule has 1 aliphatic rings. The molecule has 0 aliphatic carbocycles. The number of aromatic amines is 1. The Morgan fingerprint density at radius 2 is 2.33 bits per heavy atom. The lowest BCUT2D eigenvalue weighted by Gasteiger charge is -2.15. The molecule has 1 amide bonds. The van der Waals surface area contributed by atoms with Gasteiger partial charge in [-0.05, 0) is 19.4 Å². The van der Waals surface area contributed by atoms with Gasteiger partial charge in [0.25, 0.3) is 15.0 Å². The molecular weight excluding hydrogens is 280 g/mol. The Hall–Kier alpha value is -1.05. The van der Waals surface area contributed by atoms with Crippen molar-refractivity contribution in [2.45, 2.75) is 30.4 Å². The number of rotatable bonds is 3. The van der Waals surface area contributed by atoms with Crippen LogP contribution in [0, 0.1) is 0 Å². The van der Waals surface area contributed by atoms with E-state index in [9.17, 15) is 13.2 Å². The van der Waals surface area contributed by atoms with E-state index in [1.807, 2.05) is 6.92 Å². The predicted octanol–water partition coefficient (Wildman–Crippen LogP) is 0.849. The van der Waals surface area contributed by atoms with Crippen LogP contribution in [0.1, 0.15) is 23.8 Å². The average molecular weight is 293 g/mol. The molecule has 2 N–H and O–H groups in total. The van der Waals surface area contributed by atoms with Crippen LogP contribution in [-0.4, -0.2) is 38.1 Å². The summed E-state index contributed by atoms with van der Waals surface area (Å²) in [4.78, 5) is 14.3. The van der Waals surface area contributed by atoms with Crippen LogP contribution in [-0.2, 0) is 13.8 Å². The van der Waals surface area contributed by atoms with Crippen molar-refractivity contribution in [1.82, 2.24) is 10.3 Å². The van der Waals surface area contributed by atoms with E-state index in [1.165, 1.54) is 12.3 Å². The fourth-order valence-corrected chi connectivity index (χ4v) is 2.54. The van der Waals surface area contributed by atoms with Crippen LogP contribution in [0.2, 0.25) is 0 Å². The molecule has 0 aromatic carbocycles. The van der Waals surface area contributed by atoms with Crippen LogP contribution in [0.15, 0.2) is 17.2 Å². The molecule has 1 saturated heterocycles. The monoisotopic (exact) mass is 292 g/mol. The Bertz CT molecular complexity index is 554. The van der Waals surface area contributed by atoms with Crippen molar-refractivity contribution in [2.24, 2.45) is 0 Å². The Balaban J connectivity index is 2.08. The molecule has 0 saturated carbocycles. The zero-order valence-electron chi connectivity index (χ0n) is 9.64. The van der Waals surface area contributed by atoms with Gasteiger partial charge in [0, 0.05) is 23.5 Å². The maximum Gasteiger partial charge on any atom is 0.268 e. The van der Waals surface area contributed by atoms with Crippen LogP contribution >= 0.6 is 10.7 Å². The van der Waals surface area contributed by atoms with Gasteiger partial charge in [0.15, 0.2) is 0 Å². The van der Waals surface area contributed by atoms with E-state index in [0.29, 0.717) is 6.61 Å². The zero-order valence-corrected chi connectivity index (χ0v) is 11.2. The summed E-state index contributed by atoms with van der Waals surface area (Å²) < 4.78 is 27.4. The second-order valence-corrected chi connectivity index (χ2v) is 6.70. The first-order valence-electron chi connectivity index (χ1n) is 5.43. The molecule has 18 heavy (non-hydrogen) atoms. The summed E-state index contributed by atoms with van der Waals surface area (Å²) in [7, 11) is 1.35. The van der Waals surface area contributed by atoms with Crippen LogP contribution in [0.5, 0.6) is 0 Å². The summed E-state index contributed by atoms with van der Waals surface area (Å²) in [5.74, 6) is -0.371. The minimum Gasteiger partial charge on any atom is -0.376 e. The van der Waals surface area contributed by atoms with Crippen molar-refractivity contribution in [3.63, 3.8) is 0 Å². The quantitative estimate of drug-likeness (QED) is 0.809. The summed E-state index contributed by atoms with van der Waals surface area (Å²) in [6, 6.07) is 1.15. The lowest BCUT2D eigenvalue weighted by Crippen LogP contribution is -2.39. The van der Waals surface area contributed by atoms with Gasteiger partial charge in [-0.2, -0.15) is 0 Å². The number of H-pyrrole nitrogens is 1. The van der Waals surface area contributed by atoms with E-state index in [1.54, 1.807) is 0 Å². The largest absolute Gasteiger partial charge is 0.376 e. The van der Waals surface area contributed by atoms with Gasteiger partial charge in [0.05, 0.1) is 12.1 Å². The van der Waals surface area contributed by atoms with E-state index in [4.69, 9.17) is 15.4 Å². The number of hydrogen-bond acceptors (Lipinski definition) is 4. The van der Waals surface area contributed by atoms with E-state index in [0.717, 1.165) is 6.42 Å². The normalized spacial score (nSPS) is 24.1. The number of carbonyl (C=O) groups excluding carboxylic acids is 1. The summed E-state index contributed by atoms with van der Waals surface area (Å²) in [5.41, 5.74) is 0.160. The minimum atomic E-state index is -3.82. The predicted molar refractivity (Wildman–Crippen MR) is 65.1 cm³/mol. The molecule has 2 unspecified atom stereocenters. The van der Waals surface area contributed by atoms with E-state index in [-0.39, 0.29) is 28.6 Å². The van der Waals surface area contributed by atoms with Crippen molar-refractivity contribution < 1.29 is 17.9 Å². The summed E-state index contributed by atoms with van der Waals surface area (Å²) in [6.45, 7) is 2.49. The molecule has 100 valence electrons. The number of amides is 1. The van der Waals surface area contributed by atoms with Crippen LogP contribution in [0.3, 0.4) is 0 Å². The fraction of sp³-hybridized carbons (Fsp3) is 0.500. The molecule has 0 spiro atoms. The first kappa shape index (κ1) is 13.4. The second kappa shape index (κ2) is 4.91. The van der Waals surface area contributed by atoms with E-state index >= 15 is 0 Å². The molecule has 2 atom stereocenters. The number of hydrogen-bond donors (Lipinski definition) is 2. The smallest absolute Gasteiger partial charge is 0.268 e. The van der Waals surface area contributed by atoms with Gasteiger partial charge in [-0.1, -0.05) is 0 Å². The average Bonchev–Trinajstić information content (AvgIpc) is 2.87. The number of carbonyl (C=O) groups is 1. The molecule has 1 aromatic rings. The molecule has 2 heterocycles. The minimum absolute atomic E-state index is 0.0415. The molecule has 6 nitrogen and oxygen atoms in total. The molecular formula is C10H13ClN2O4S.